The first-order valence-electron chi connectivity index (χ1n) is 5.50. The summed E-state index contributed by atoms with van der Waals surface area (Å²) in [5.41, 5.74) is 0.580. The molecular formula is C14H10F3NO. The number of hydrogen-bond acceptors (Lipinski definition) is 2. The molecule has 0 aromatic heterocycles. The first-order chi connectivity index (χ1) is 9.16. The van der Waals surface area contributed by atoms with E-state index in [-0.39, 0.29) is 18.0 Å². The molecule has 19 heavy (non-hydrogen) atoms. The highest BCUT2D eigenvalue weighted by Crippen LogP contribution is 2.12. The highest BCUT2D eigenvalue weighted by Gasteiger charge is 2.07. The lowest BCUT2D eigenvalue weighted by atomic mass is 10.2. The Morgan fingerprint density at radius 3 is 2.63 bits per heavy atom. The van der Waals surface area contributed by atoms with E-state index in [0.717, 1.165) is 6.07 Å². The first kappa shape index (κ1) is 13.1. The lowest BCUT2D eigenvalue weighted by Crippen LogP contribution is -1.95. The molecule has 0 unspecified atom stereocenters. The van der Waals surface area contributed by atoms with E-state index in [2.05, 4.69) is 5.16 Å². The van der Waals surface area contributed by atoms with Gasteiger partial charge in [0, 0.05) is 5.56 Å². The van der Waals surface area contributed by atoms with Gasteiger partial charge in [0.25, 0.3) is 0 Å². The number of halogens is 3. The van der Waals surface area contributed by atoms with Crippen LogP contribution in [0.25, 0.3) is 0 Å². The Morgan fingerprint density at radius 2 is 1.84 bits per heavy atom. The van der Waals surface area contributed by atoms with Crippen LogP contribution in [-0.2, 0) is 11.4 Å². The van der Waals surface area contributed by atoms with Crippen LogP contribution in [0.1, 0.15) is 11.1 Å². The van der Waals surface area contributed by atoms with Gasteiger partial charge in [-0.25, -0.2) is 13.2 Å². The maximum absolute atomic E-state index is 13.2. The molecule has 5 heteroatoms. The molecule has 0 radical (unpaired) electrons. The van der Waals surface area contributed by atoms with E-state index in [9.17, 15) is 13.2 Å². The molecule has 0 spiro atoms. The van der Waals surface area contributed by atoms with Gasteiger partial charge in [0.1, 0.15) is 12.4 Å². The van der Waals surface area contributed by atoms with Gasteiger partial charge in [0.05, 0.1) is 6.21 Å². The summed E-state index contributed by atoms with van der Waals surface area (Å²) >= 11 is 0. The summed E-state index contributed by atoms with van der Waals surface area (Å²) in [7, 11) is 0. The number of nitrogens with zero attached hydrogens (tertiary/aromatic N) is 1. The van der Waals surface area contributed by atoms with Gasteiger partial charge in [-0.3, -0.25) is 0 Å². The van der Waals surface area contributed by atoms with Crippen LogP contribution in [0.2, 0.25) is 0 Å². The Kier molecular flexibility index (Phi) is 4.18. The van der Waals surface area contributed by atoms with E-state index in [1.165, 1.54) is 36.5 Å². The first-order valence-corrected chi connectivity index (χ1v) is 5.50. The summed E-state index contributed by atoms with van der Waals surface area (Å²) in [5, 5.41) is 3.57. The second kappa shape index (κ2) is 6.04. The molecule has 0 heterocycles. The fraction of sp³-hybridized carbons (Fsp3) is 0.0714. The van der Waals surface area contributed by atoms with Crippen molar-refractivity contribution in [2.75, 3.05) is 0 Å². The van der Waals surface area contributed by atoms with Crippen LogP contribution in [0.4, 0.5) is 13.2 Å². The molecule has 0 aliphatic heterocycles. The average molecular weight is 265 g/mol. The molecule has 0 bridgehead atoms. The monoisotopic (exact) mass is 265 g/mol. The SMILES string of the molecule is Fc1cccc(C=NOCc2cccc(F)c2F)c1. The molecule has 0 atom stereocenters. The summed E-state index contributed by atoms with van der Waals surface area (Å²) in [6.45, 7) is -0.199. The largest absolute Gasteiger partial charge is 0.391 e. The van der Waals surface area contributed by atoms with Crippen molar-refractivity contribution in [3.8, 4) is 0 Å². The van der Waals surface area contributed by atoms with Crippen LogP contribution in [0.5, 0.6) is 0 Å². The maximum atomic E-state index is 13.2. The van der Waals surface area contributed by atoms with Gasteiger partial charge in [-0.05, 0) is 23.8 Å². The van der Waals surface area contributed by atoms with Crippen LogP contribution in [0.3, 0.4) is 0 Å². The molecule has 2 aromatic rings. The maximum Gasteiger partial charge on any atom is 0.165 e. The van der Waals surface area contributed by atoms with Gasteiger partial charge in [-0.15, -0.1) is 0 Å². The van der Waals surface area contributed by atoms with Crippen LogP contribution in [0, 0.1) is 17.5 Å². The summed E-state index contributed by atoms with van der Waals surface area (Å²) in [4.78, 5) is 4.84. The minimum Gasteiger partial charge on any atom is -0.391 e. The molecule has 98 valence electrons. The Balaban J connectivity index is 1.95. The smallest absolute Gasteiger partial charge is 0.165 e. The van der Waals surface area contributed by atoms with Gasteiger partial charge in [0.2, 0.25) is 0 Å². The van der Waals surface area contributed by atoms with Crippen LogP contribution >= 0.6 is 0 Å². The normalized spacial score (nSPS) is 10.9. The van der Waals surface area contributed by atoms with Crippen molar-refractivity contribution >= 4 is 6.21 Å². The molecule has 2 rings (SSSR count). The lowest BCUT2D eigenvalue weighted by Gasteiger charge is -2.02. The lowest BCUT2D eigenvalue weighted by molar-refractivity contribution is 0.129. The Morgan fingerprint density at radius 1 is 1.05 bits per heavy atom. The Hall–Kier alpha value is -2.30. The van der Waals surface area contributed by atoms with Crippen molar-refractivity contribution in [2.45, 2.75) is 6.61 Å². The fourth-order valence-corrected chi connectivity index (χ4v) is 1.45. The molecule has 0 saturated carbocycles. The number of benzene rings is 2. The Bertz CT molecular complexity index is 599. The Labute approximate surface area is 108 Å². The van der Waals surface area contributed by atoms with Gasteiger partial charge >= 0.3 is 0 Å². The zero-order valence-corrected chi connectivity index (χ0v) is 9.82. The van der Waals surface area contributed by atoms with Crippen molar-refractivity contribution in [1.82, 2.24) is 0 Å². The number of hydrogen-bond donors (Lipinski definition) is 0. The molecule has 0 N–H and O–H groups in total. The van der Waals surface area contributed by atoms with Crippen molar-refractivity contribution in [3.05, 3.63) is 71.0 Å². The van der Waals surface area contributed by atoms with E-state index in [1.807, 2.05) is 0 Å². The van der Waals surface area contributed by atoms with Gasteiger partial charge in [-0.1, -0.05) is 29.4 Å². The third-order valence-electron chi connectivity index (χ3n) is 2.38. The molecule has 0 saturated heterocycles. The van der Waals surface area contributed by atoms with Crippen LogP contribution in [-0.4, -0.2) is 6.21 Å². The minimum atomic E-state index is -0.955. The highest BCUT2D eigenvalue weighted by molar-refractivity contribution is 5.78. The average Bonchev–Trinajstić information content (AvgIpc) is 2.39. The topological polar surface area (TPSA) is 21.6 Å². The zero-order chi connectivity index (χ0) is 13.7. The number of oxime groups is 1. The molecule has 2 aromatic carbocycles. The van der Waals surface area contributed by atoms with E-state index < -0.39 is 11.6 Å². The van der Waals surface area contributed by atoms with E-state index in [1.54, 1.807) is 6.07 Å². The summed E-state index contributed by atoms with van der Waals surface area (Å²) in [5.74, 6) is -2.28. The predicted molar refractivity (Wildman–Crippen MR) is 65.1 cm³/mol. The molecule has 0 fully saturated rings. The number of rotatable bonds is 4. The summed E-state index contributed by atoms with van der Waals surface area (Å²) in [6.07, 6.45) is 1.29. The van der Waals surface area contributed by atoms with Crippen molar-refractivity contribution in [3.63, 3.8) is 0 Å². The van der Waals surface area contributed by atoms with Crippen molar-refractivity contribution in [1.29, 1.82) is 0 Å². The van der Waals surface area contributed by atoms with E-state index in [0.29, 0.717) is 5.56 Å². The molecule has 0 aliphatic carbocycles. The van der Waals surface area contributed by atoms with Crippen molar-refractivity contribution in [2.24, 2.45) is 5.16 Å². The van der Waals surface area contributed by atoms with Crippen LogP contribution in [0.15, 0.2) is 47.6 Å². The molecule has 0 aliphatic rings. The quantitative estimate of drug-likeness (QED) is 0.610. The van der Waals surface area contributed by atoms with E-state index >= 15 is 0 Å². The third kappa shape index (κ3) is 3.58. The standard InChI is InChI=1S/C14H10F3NO/c15-12-5-1-3-10(7-12)8-18-19-9-11-4-2-6-13(16)14(11)17/h1-8H,9H2. The fourth-order valence-electron chi connectivity index (χ4n) is 1.45. The van der Waals surface area contributed by atoms with Gasteiger partial charge in [-0.2, -0.15) is 0 Å². The summed E-state index contributed by atoms with van der Waals surface area (Å²) < 4.78 is 39.0. The summed E-state index contributed by atoms with van der Waals surface area (Å²) in [6, 6.07) is 9.55. The molecule has 2 nitrogen and oxygen atoms in total. The molecule has 0 amide bonds. The zero-order valence-electron chi connectivity index (χ0n) is 9.82. The second-order valence-electron chi connectivity index (χ2n) is 3.78. The second-order valence-corrected chi connectivity index (χ2v) is 3.78. The van der Waals surface area contributed by atoms with E-state index in [4.69, 9.17) is 4.84 Å². The van der Waals surface area contributed by atoms with Gasteiger partial charge < -0.3 is 4.84 Å². The van der Waals surface area contributed by atoms with Crippen LogP contribution < -0.4 is 0 Å². The van der Waals surface area contributed by atoms with Crippen molar-refractivity contribution < 1.29 is 18.0 Å². The molecular weight excluding hydrogens is 255 g/mol. The predicted octanol–water partition coefficient (Wildman–Crippen LogP) is 3.65. The highest BCUT2D eigenvalue weighted by atomic mass is 19.2. The minimum absolute atomic E-state index is 0.0661. The third-order valence-corrected chi connectivity index (χ3v) is 2.38. The van der Waals surface area contributed by atoms with Gasteiger partial charge in [0.15, 0.2) is 11.6 Å².